The minimum atomic E-state index is -0.584. The number of amides is 1. The van der Waals surface area contributed by atoms with E-state index >= 15 is 0 Å². The third kappa shape index (κ3) is 2.69. The molecule has 8 heteroatoms. The Morgan fingerprint density at radius 1 is 1.81 bits per heavy atom. The Labute approximate surface area is 91.6 Å². The molecule has 3 N–H and O–H groups in total. The zero-order valence-corrected chi connectivity index (χ0v) is 9.01. The third-order valence-corrected chi connectivity index (χ3v) is 1.98. The number of primary amides is 1. The summed E-state index contributed by atoms with van der Waals surface area (Å²) in [5.41, 5.74) is 5.02. The standard InChI is InChI=1S/C8H13N5O3/c1-5(3-6(9)14)11-8-7(13(15)16)10-4-12(8)2/h4-5,11H,3H2,1-2H3,(H2,9,14). The minimum absolute atomic E-state index is 0.0995. The SMILES string of the molecule is CC(CC(N)=O)Nc1c([N+](=O)[O-])ncn1C. The van der Waals surface area contributed by atoms with E-state index < -0.39 is 10.8 Å². The van der Waals surface area contributed by atoms with Crippen LogP contribution in [-0.4, -0.2) is 26.4 Å². The van der Waals surface area contributed by atoms with Gasteiger partial charge < -0.3 is 21.2 Å². The molecular weight excluding hydrogens is 214 g/mol. The number of hydrogen-bond acceptors (Lipinski definition) is 5. The van der Waals surface area contributed by atoms with Gasteiger partial charge in [-0.3, -0.25) is 9.36 Å². The van der Waals surface area contributed by atoms with Crippen LogP contribution in [0.1, 0.15) is 13.3 Å². The molecule has 0 saturated carbocycles. The molecule has 8 nitrogen and oxygen atoms in total. The second-order valence-electron chi connectivity index (χ2n) is 3.50. The average molecular weight is 227 g/mol. The fraction of sp³-hybridized carbons (Fsp3) is 0.500. The molecule has 16 heavy (non-hydrogen) atoms. The highest BCUT2D eigenvalue weighted by molar-refractivity contribution is 5.75. The van der Waals surface area contributed by atoms with Crippen LogP contribution in [0.4, 0.5) is 11.6 Å². The Hall–Kier alpha value is -2.12. The van der Waals surface area contributed by atoms with E-state index in [-0.39, 0.29) is 24.1 Å². The number of carbonyl (C=O) groups excluding carboxylic acids is 1. The molecule has 0 saturated heterocycles. The van der Waals surface area contributed by atoms with Crippen molar-refractivity contribution in [3.8, 4) is 0 Å². The Balaban J connectivity index is 2.83. The number of imidazole rings is 1. The Morgan fingerprint density at radius 2 is 2.44 bits per heavy atom. The summed E-state index contributed by atoms with van der Waals surface area (Å²) in [5.74, 6) is -0.470. The van der Waals surface area contributed by atoms with Gasteiger partial charge in [0.15, 0.2) is 0 Å². The third-order valence-electron chi connectivity index (χ3n) is 1.98. The molecule has 1 unspecified atom stereocenters. The number of nitrogens with one attached hydrogen (secondary N) is 1. The molecule has 1 aromatic heterocycles. The second kappa shape index (κ2) is 4.60. The minimum Gasteiger partial charge on any atom is -0.370 e. The van der Waals surface area contributed by atoms with Gasteiger partial charge >= 0.3 is 5.82 Å². The van der Waals surface area contributed by atoms with Gasteiger partial charge in [0, 0.05) is 19.5 Å². The molecule has 0 aliphatic heterocycles. The highest BCUT2D eigenvalue weighted by Crippen LogP contribution is 2.22. The lowest BCUT2D eigenvalue weighted by molar-refractivity contribution is -0.388. The van der Waals surface area contributed by atoms with Crippen LogP contribution < -0.4 is 11.1 Å². The van der Waals surface area contributed by atoms with Crippen molar-refractivity contribution in [2.75, 3.05) is 5.32 Å². The van der Waals surface area contributed by atoms with Crippen LogP contribution in [0.25, 0.3) is 0 Å². The molecule has 1 heterocycles. The molecule has 0 bridgehead atoms. The van der Waals surface area contributed by atoms with E-state index in [1.54, 1.807) is 14.0 Å². The van der Waals surface area contributed by atoms with Crippen LogP contribution >= 0.6 is 0 Å². The van der Waals surface area contributed by atoms with E-state index in [2.05, 4.69) is 10.3 Å². The van der Waals surface area contributed by atoms with Crippen molar-refractivity contribution in [3.63, 3.8) is 0 Å². The highest BCUT2D eigenvalue weighted by atomic mass is 16.6. The van der Waals surface area contributed by atoms with Gasteiger partial charge in [-0.1, -0.05) is 0 Å². The van der Waals surface area contributed by atoms with E-state index in [9.17, 15) is 14.9 Å². The maximum absolute atomic E-state index is 10.7. The van der Waals surface area contributed by atoms with E-state index in [0.29, 0.717) is 0 Å². The summed E-state index contributed by atoms with van der Waals surface area (Å²) in [6.07, 6.45) is 1.43. The predicted octanol–water partition coefficient (Wildman–Crippen LogP) is 0.00410. The lowest BCUT2D eigenvalue weighted by Crippen LogP contribution is -2.25. The molecule has 1 aromatic rings. The second-order valence-corrected chi connectivity index (χ2v) is 3.50. The summed E-state index contributed by atoms with van der Waals surface area (Å²) in [4.78, 5) is 24.4. The molecule has 0 spiro atoms. The normalized spacial score (nSPS) is 12.1. The molecule has 88 valence electrons. The molecule has 1 rings (SSSR count). The first-order valence-electron chi connectivity index (χ1n) is 4.62. The van der Waals surface area contributed by atoms with Gasteiger partial charge in [-0.05, 0) is 16.8 Å². The molecule has 0 aromatic carbocycles. The van der Waals surface area contributed by atoms with E-state index in [1.165, 1.54) is 10.9 Å². The first-order valence-corrected chi connectivity index (χ1v) is 4.62. The molecular formula is C8H13N5O3. The quantitative estimate of drug-likeness (QED) is 0.542. The first kappa shape index (κ1) is 12.0. The lowest BCUT2D eigenvalue weighted by atomic mass is 10.2. The summed E-state index contributed by atoms with van der Waals surface area (Å²) < 4.78 is 1.48. The number of hydrogen-bond donors (Lipinski definition) is 2. The topological polar surface area (TPSA) is 116 Å². The molecule has 0 aliphatic carbocycles. The van der Waals surface area contributed by atoms with Crippen molar-refractivity contribution in [1.82, 2.24) is 9.55 Å². The van der Waals surface area contributed by atoms with Gasteiger partial charge in [0.25, 0.3) is 0 Å². The van der Waals surface area contributed by atoms with Gasteiger partial charge in [-0.15, -0.1) is 0 Å². The number of nitro groups is 1. The van der Waals surface area contributed by atoms with Crippen molar-refractivity contribution in [2.45, 2.75) is 19.4 Å². The monoisotopic (exact) mass is 227 g/mol. The van der Waals surface area contributed by atoms with E-state index in [0.717, 1.165) is 0 Å². The Morgan fingerprint density at radius 3 is 2.94 bits per heavy atom. The average Bonchev–Trinajstić information content (AvgIpc) is 2.46. The largest absolute Gasteiger partial charge is 0.406 e. The number of aromatic nitrogens is 2. The van der Waals surface area contributed by atoms with Crippen molar-refractivity contribution in [2.24, 2.45) is 12.8 Å². The maximum Gasteiger partial charge on any atom is 0.406 e. The first-order chi connectivity index (χ1) is 7.41. The number of anilines is 1. The van der Waals surface area contributed by atoms with Crippen LogP contribution in [0.3, 0.4) is 0 Å². The van der Waals surface area contributed by atoms with Crippen molar-refractivity contribution >= 4 is 17.5 Å². The van der Waals surface area contributed by atoms with Crippen molar-refractivity contribution < 1.29 is 9.72 Å². The van der Waals surface area contributed by atoms with Crippen LogP contribution in [-0.2, 0) is 11.8 Å². The van der Waals surface area contributed by atoms with E-state index in [4.69, 9.17) is 5.73 Å². The van der Waals surface area contributed by atoms with Gasteiger partial charge in [-0.25, -0.2) is 0 Å². The maximum atomic E-state index is 10.7. The number of aryl methyl sites for hydroxylation is 1. The fourth-order valence-corrected chi connectivity index (χ4v) is 1.30. The van der Waals surface area contributed by atoms with Crippen LogP contribution in [0, 0.1) is 10.1 Å². The molecule has 0 radical (unpaired) electrons. The van der Waals surface area contributed by atoms with E-state index in [1.807, 2.05) is 0 Å². The Kier molecular flexibility index (Phi) is 3.44. The van der Waals surface area contributed by atoms with Crippen molar-refractivity contribution in [1.29, 1.82) is 0 Å². The number of rotatable bonds is 5. The van der Waals surface area contributed by atoms with Crippen LogP contribution in [0.15, 0.2) is 6.33 Å². The summed E-state index contributed by atoms with van der Waals surface area (Å²) >= 11 is 0. The van der Waals surface area contributed by atoms with Crippen LogP contribution in [0.2, 0.25) is 0 Å². The van der Waals surface area contributed by atoms with Gasteiger partial charge in [0.05, 0.1) is 0 Å². The lowest BCUT2D eigenvalue weighted by Gasteiger charge is -2.12. The van der Waals surface area contributed by atoms with Crippen LogP contribution in [0.5, 0.6) is 0 Å². The molecule has 0 aliphatic rings. The zero-order valence-electron chi connectivity index (χ0n) is 9.01. The summed E-state index contributed by atoms with van der Waals surface area (Å²) in [6.45, 7) is 1.71. The predicted molar refractivity (Wildman–Crippen MR) is 56.8 cm³/mol. The number of nitrogens with two attached hydrogens (primary N) is 1. The van der Waals surface area contributed by atoms with Gasteiger partial charge in [0.1, 0.15) is 0 Å². The van der Waals surface area contributed by atoms with Crippen molar-refractivity contribution in [3.05, 3.63) is 16.4 Å². The number of carbonyl (C=O) groups is 1. The van der Waals surface area contributed by atoms with Gasteiger partial charge in [0.2, 0.25) is 18.1 Å². The highest BCUT2D eigenvalue weighted by Gasteiger charge is 2.21. The summed E-state index contributed by atoms with van der Waals surface area (Å²) in [7, 11) is 1.62. The zero-order chi connectivity index (χ0) is 12.3. The smallest absolute Gasteiger partial charge is 0.370 e. The summed E-state index contributed by atoms with van der Waals surface area (Å²) in [5, 5.41) is 13.5. The summed E-state index contributed by atoms with van der Waals surface area (Å²) in [6, 6.07) is -0.286. The Bertz CT molecular complexity index is 414. The molecule has 1 atom stereocenters. The fourth-order valence-electron chi connectivity index (χ4n) is 1.30. The number of nitrogens with zero attached hydrogens (tertiary/aromatic N) is 3. The molecule has 1 amide bonds. The molecule has 0 fully saturated rings. The van der Waals surface area contributed by atoms with Gasteiger partial charge in [-0.2, -0.15) is 0 Å².